The maximum absolute atomic E-state index is 13.2. The van der Waals surface area contributed by atoms with Crippen LogP contribution in [0.15, 0.2) is 60.7 Å². The fraction of sp³-hybridized carbons (Fsp3) is 0.261. The zero-order chi connectivity index (χ0) is 19.7. The van der Waals surface area contributed by atoms with Crippen LogP contribution in [-0.4, -0.2) is 32.4 Å². The van der Waals surface area contributed by atoms with Gasteiger partial charge in [0.15, 0.2) is 0 Å². The summed E-state index contributed by atoms with van der Waals surface area (Å²) >= 11 is 0. The molecule has 1 fully saturated rings. The van der Waals surface area contributed by atoms with E-state index >= 15 is 0 Å². The number of carbonyl (C=O) groups is 2. The average Bonchev–Trinajstić information content (AvgIpc) is 3.51. The highest BCUT2D eigenvalue weighted by Crippen LogP contribution is 2.30. The second-order valence-corrected chi connectivity index (χ2v) is 7.27. The van der Waals surface area contributed by atoms with Crippen molar-refractivity contribution < 1.29 is 9.59 Å². The molecule has 1 heterocycles. The van der Waals surface area contributed by atoms with E-state index in [0.29, 0.717) is 23.5 Å². The Morgan fingerprint density at radius 3 is 2.21 bits per heavy atom. The molecule has 1 aliphatic carbocycles. The fourth-order valence-electron chi connectivity index (χ4n) is 3.56. The molecule has 1 saturated carbocycles. The van der Waals surface area contributed by atoms with Gasteiger partial charge in [0.05, 0.1) is 22.6 Å². The van der Waals surface area contributed by atoms with E-state index in [4.69, 9.17) is 0 Å². The molecule has 0 N–H and O–H groups in total. The Labute approximate surface area is 164 Å². The van der Waals surface area contributed by atoms with Crippen LogP contribution in [0.1, 0.15) is 40.2 Å². The summed E-state index contributed by atoms with van der Waals surface area (Å²) < 4.78 is 1.73. The molecular formula is C23H23N3O2. The zero-order valence-electron chi connectivity index (χ0n) is 16.1. The van der Waals surface area contributed by atoms with E-state index in [2.05, 4.69) is 5.10 Å². The first-order valence-electron chi connectivity index (χ1n) is 9.57. The summed E-state index contributed by atoms with van der Waals surface area (Å²) in [7, 11) is 0. The molecule has 28 heavy (non-hydrogen) atoms. The SMILES string of the molecule is Cc1nn(-c2ccccc2)c(C)c1C(=O)C(=O)N(Cc1ccccc1)C1CC1. The Morgan fingerprint density at radius 1 is 1.00 bits per heavy atom. The van der Waals surface area contributed by atoms with Gasteiger partial charge in [-0.25, -0.2) is 4.68 Å². The third kappa shape index (κ3) is 3.48. The largest absolute Gasteiger partial charge is 0.328 e. The number of para-hydroxylation sites is 1. The number of Topliss-reactive ketones (excluding diaryl/α,β-unsaturated/α-hetero) is 1. The van der Waals surface area contributed by atoms with Crippen molar-refractivity contribution in [3.05, 3.63) is 83.2 Å². The predicted octanol–water partition coefficient (Wildman–Crippen LogP) is 3.86. The summed E-state index contributed by atoms with van der Waals surface area (Å²) in [5.41, 5.74) is 3.59. The Bertz CT molecular complexity index is 1010. The molecule has 0 radical (unpaired) electrons. The molecule has 0 atom stereocenters. The highest BCUT2D eigenvalue weighted by molar-refractivity contribution is 6.43. The molecule has 5 heteroatoms. The zero-order valence-corrected chi connectivity index (χ0v) is 16.1. The number of nitrogens with zero attached hydrogens (tertiary/aromatic N) is 3. The van der Waals surface area contributed by atoms with E-state index in [-0.39, 0.29) is 6.04 Å². The van der Waals surface area contributed by atoms with Crippen molar-refractivity contribution in [1.82, 2.24) is 14.7 Å². The summed E-state index contributed by atoms with van der Waals surface area (Å²) in [5, 5.41) is 4.51. The average molecular weight is 373 g/mol. The lowest BCUT2D eigenvalue weighted by Gasteiger charge is -2.22. The molecule has 4 rings (SSSR count). The maximum Gasteiger partial charge on any atom is 0.295 e. The van der Waals surface area contributed by atoms with Gasteiger partial charge in [0.1, 0.15) is 0 Å². The molecule has 5 nitrogen and oxygen atoms in total. The first kappa shape index (κ1) is 18.2. The van der Waals surface area contributed by atoms with Gasteiger partial charge in [-0.3, -0.25) is 9.59 Å². The van der Waals surface area contributed by atoms with E-state index in [1.165, 1.54) is 0 Å². The van der Waals surface area contributed by atoms with Crippen LogP contribution in [-0.2, 0) is 11.3 Å². The second kappa shape index (κ2) is 7.43. The summed E-state index contributed by atoms with van der Waals surface area (Å²) in [5.74, 6) is -0.912. The van der Waals surface area contributed by atoms with Crippen molar-refractivity contribution >= 4 is 11.7 Å². The third-order valence-corrected chi connectivity index (χ3v) is 5.16. The van der Waals surface area contributed by atoms with Crippen molar-refractivity contribution in [2.24, 2.45) is 0 Å². The molecule has 3 aromatic rings. The van der Waals surface area contributed by atoms with Gasteiger partial charge in [-0.15, -0.1) is 0 Å². The molecule has 1 amide bonds. The van der Waals surface area contributed by atoms with Crippen molar-refractivity contribution in [3.8, 4) is 5.69 Å². The lowest BCUT2D eigenvalue weighted by atomic mass is 10.1. The van der Waals surface area contributed by atoms with E-state index in [1.807, 2.05) is 67.6 Å². The second-order valence-electron chi connectivity index (χ2n) is 7.27. The van der Waals surface area contributed by atoms with Crippen LogP contribution in [0.25, 0.3) is 5.69 Å². The van der Waals surface area contributed by atoms with Crippen LogP contribution in [0, 0.1) is 13.8 Å². The number of hydrogen-bond donors (Lipinski definition) is 0. The Balaban J connectivity index is 1.63. The number of benzene rings is 2. The van der Waals surface area contributed by atoms with Crippen molar-refractivity contribution in [3.63, 3.8) is 0 Å². The summed E-state index contributed by atoms with van der Waals surface area (Å²) in [6, 6.07) is 19.6. The molecule has 0 unspecified atom stereocenters. The molecule has 1 aliphatic rings. The number of hydrogen-bond acceptors (Lipinski definition) is 3. The van der Waals surface area contributed by atoms with Crippen LogP contribution < -0.4 is 0 Å². The quantitative estimate of drug-likeness (QED) is 0.487. The van der Waals surface area contributed by atoms with Crippen LogP contribution in [0.3, 0.4) is 0 Å². The van der Waals surface area contributed by atoms with E-state index in [1.54, 1.807) is 16.5 Å². The van der Waals surface area contributed by atoms with Gasteiger partial charge in [0.25, 0.3) is 11.7 Å². The smallest absolute Gasteiger partial charge is 0.295 e. The fourth-order valence-corrected chi connectivity index (χ4v) is 3.56. The van der Waals surface area contributed by atoms with Crippen LogP contribution in [0.2, 0.25) is 0 Å². The monoisotopic (exact) mass is 373 g/mol. The molecular weight excluding hydrogens is 350 g/mol. The minimum Gasteiger partial charge on any atom is -0.328 e. The standard InChI is InChI=1S/C23H23N3O2/c1-16-21(17(2)26(24-16)20-11-7-4-8-12-20)22(27)23(28)25(19-13-14-19)15-18-9-5-3-6-10-18/h3-12,19H,13-15H2,1-2H3. The number of amides is 1. The minimum absolute atomic E-state index is 0.154. The van der Waals surface area contributed by atoms with Crippen LogP contribution in [0.5, 0.6) is 0 Å². The topological polar surface area (TPSA) is 55.2 Å². The van der Waals surface area contributed by atoms with Gasteiger partial charge in [0, 0.05) is 12.6 Å². The number of ketones is 1. The van der Waals surface area contributed by atoms with E-state index in [9.17, 15) is 9.59 Å². The normalized spacial score (nSPS) is 13.4. The Kier molecular flexibility index (Phi) is 4.82. The lowest BCUT2D eigenvalue weighted by molar-refractivity contribution is -0.127. The third-order valence-electron chi connectivity index (χ3n) is 5.16. The molecule has 2 aromatic carbocycles. The first-order chi connectivity index (χ1) is 13.6. The minimum atomic E-state index is -0.472. The number of rotatable bonds is 6. The highest BCUT2D eigenvalue weighted by atomic mass is 16.2. The number of aryl methyl sites for hydroxylation is 1. The van der Waals surface area contributed by atoms with E-state index < -0.39 is 11.7 Å². The van der Waals surface area contributed by atoms with Gasteiger partial charge in [-0.05, 0) is 44.4 Å². The van der Waals surface area contributed by atoms with E-state index in [0.717, 1.165) is 24.1 Å². The summed E-state index contributed by atoms with van der Waals surface area (Å²) in [6.07, 6.45) is 1.90. The predicted molar refractivity (Wildman–Crippen MR) is 107 cm³/mol. The molecule has 0 aliphatic heterocycles. The van der Waals surface area contributed by atoms with Crippen LogP contribution in [0.4, 0.5) is 0 Å². The first-order valence-corrected chi connectivity index (χ1v) is 9.57. The number of carbonyl (C=O) groups excluding carboxylic acids is 2. The molecule has 1 aromatic heterocycles. The number of aromatic nitrogens is 2. The highest BCUT2D eigenvalue weighted by Gasteiger charge is 2.37. The molecule has 0 bridgehead atoms. The summed E-state index contributed by atoms with van der Waals surface area (Å²) in [6.45, 7) is 4.08. The Hall–Kier alpha value is -3.21. The molecule has 0 saturated heterocycles. The lowest BCUT2D eigenvalue weighted by Crippen LogP contribution is -2.38. The molecule has 0 spiro atoms. The van der Waals surface area contributed by atoms with Gasteiger partial charge < -0.3 is 4.90 Å². The van der Waals surface area contributed by atoms with Gasteiger partial charge in [0.2, 0.25) is 0 Å². The van der Waals surface area contributed by atoms with Crippen LogP contribution >= 0.6 is 0 Å². The van der Waals surface area contributed by atoms with Gasteiger partial charge in [-0.1, -0.05) is 48.5 Å². The summed E-state index contributed by atoms with van der Waals surface area (Å²) in [4.78, 5) is 28.0. The Morgan fingerprint density at radius 2 is 1.61 bits per heavy atom. The molecule has 142 valence electrons. The van der Waals surface area contributed by atoms with Crippen molar-refractivity contribution in [2.45, 2.75) is 39.3 Å². The maximum atomic E-state index is 13.2. The van der Waals surface area contributed by atoms with Gasteiger partial charge >= 0.3 is 0 Å². The van der Waals surface area contributed by atoms with Crippen molar-refractivity contribution in [2.75, 3.05) is 0 Å². The van der Waals surface area contributed by atoms with Gasteiger partial charge in [-0.2, -0.15) is 5.10 Å². The van der Waals surface area contributed by atoms with Crippen molar-refractivity contribution in [1.29, 1.82) is 0 Å².